The van der Waals surface area contributed by atoms with Gasteiger partial charge in [-0.2, -0.15) is 0 Å². The third kappa shape index (κ3) is 4.36. The maximum Gasteiger partial charge on any atom is 1.00 e. The first kappa shape index (κ1) is 25.7. The maximum atomic E-state index is 13.1. The summed E-state index contributed by atoms with van der Waals surface area (Å²) in [6, 6.07) is 7.29. The summed E-state index contributed by atoms with van der Waals surface area (Å²) in [5.41, 5.74) is 0.909. The van der Waals surface area contributed by atoms with E-state index >= 15 is 0 Å². The fourth-order valence-corrected chi connectivity index (χ4v) is 4.91. The Morgan fingerprint density at radius 3 is 2.61 bits per heavy atom. The number of benzene rings is 1. The normalized spacial score (nSPS) is 17.2. The Bertz CT molecular complexity index is 1240. The van der Waals surface area contributed by atoms with Crippen molar-refractivity contribution >= 4 is 57.4 Å². The van der Waals surface area contributed by atoms with Crippen molar-refractivity contribution in [2.75, 3.05) is 18.2 Å². The van der Waals surface area contributed by atoms with E-state index < -0.39 is 0 Å². The molecule has 2 aromatic heterocycles. The molecule has 0 amide bonds. The SMILES string of the molecule is [C-]#[N+]C1CC(N(C)c2ccc3c(=O)c4ccc(Cl)c(SC)c4n(C[C-]=O)c3n2)C1.[Na+].[OH-]. The van der Waals surface area contributed by atoms with E-state index in [-0.39, 0.29) is 59.1 Å². The summed E-state index contributed by atoms with van der Waals surface area (Å²) in [6.45, 7) is 7.09. The molecule has 31 heavy (non-hydrogen) atoms. The van der Waals surface area contributed by atoms with E-state index in [4.69, 9.17) is 23.2 Å². The van der Waals surface area contributed by atoms with E-state index in [0.29, 0.717) is 32.8 Å². The zero-order valence-corrected chi connectivity index (χ0v) is 21.0. The molecule has 2 heterocycles. The van der Waals surface area contributed by atoms with Gasteiger partial charge < -0.3 is 24.6 Å². The quantitative estimate of drug-likeness (QED) is 0.239. The summed E-state index contributed by atoms with van der Waals surface area (Å²) < 4.78 is 1.72. The topological polar surface area (TPSA) is 89.6 Å². The van der Waals surface area contributed by atoms with Crippen LogP contribution in [0, 0.1) is 6.57 Å². The van der Waals surface area contributed by atoms with Gasteiger partial charge in [0.15, 0.2) is 5.43 Å². The van der Waals surface area contributed by atoms with Crippen LogP contribution in [0.1, 0.15) is 12.8 Å². The smallest absolute Gasteiger partial charge is 0.870 e. The average Bonchev–Trinajstić information content (AvgIpc) is 2.69. The largest absolute Gasteiger partial charge is 1.00 e. The predicted octanol–water partition coefficient (Wildman–Crippen LogP) is 0.748. The van der Waals surface area contributed by atoms with Gasteiger partial charge >= 0.3 is 29.6 Å². The standard InChI is InChI=1S/C21H18ClN4O2S.Na.H2O/c1-23-12-10-13(11-12)25(2)17-7-5-15-19(28)14-4-6-16(22)20(29-3)18(14)26(8-9-27)21(15)24-17;;/h4-7,12-13H,8,10-11H2,2-3H3;;1H2/q-1;+1;/p-1. The van der Waals surface area contributed by atoms with Gasteiger partial charge in [-0.3, -0.25) is 4.79 Å². The van der Waals surface area contributed by atoms with Crippen LogP contribution in [0.2, 0.25) is 5.02 Å². The Hall–Kier alpha value is -1.60. The molecule has 0 bridgehead atoms. The first-order valence-electron chi connectivity index (χ1n) is 9.14. The molecule has 0 spiro atoms. The van der Waals surface area contributed by atoms with Gasteiger partial charge in [0.2, 0.25) is 6.04 Å². The van der Waals surface area contributed by atoms with Gasteiger partial charge in [-0.15, -0.1) is 11.8 Å². The number of nitrogens with zero attached hydrogens (tertiary/aromatic N) is 4. The van der Waals surface area contributed by atoms with Gasteiger partial charge in [-0.25, -0.2) is 17.8 Å². The Kier molecular flexibility index (Phi) is 8.56. The number of hydrogen-bond donors (Lipinski definition) is 0. The summed E-state index contributed by atoms with van der Waals surface area (Å²) in [4.78, 5) is 35.6. The van der Waals surface area contributed by atoms with Crippen LogP contribution in [0.5, 0.6) is 0 Å². The van der Waals surface area contributed by atoms with Crippen LogP contribution in [0.4, 0.5) is 5.82 Å². The first-order chi connectivity index (χ1) is 14.0. The molecule has 0 saturated heterocycles. The minimum absolute atomic E-state index is 0. The number of pyridine rings is 2. The number of carbonyl (C=O) groups excluding carboxylic acids is 1. The molecule has 0 radical (unpaired) electrons. The molecule has 1 saturated carbocycles. The van der Waals surface area contributed by atoms with Crippen molar-refractivity contribution in [3.8, 4) is 0 Å². The molecule has 156 valence electrons. The Morgan fingerprint density at radius 1 is 1.32 bits per heavy atom. The Balaban J connectivity index is 0.00000171. The average molecular weight is 466 g/mol. The van der Waals surface area contributed by atoms with Crippen LogP contribution in [0.25, 0.3) is 26.8 Å². The van der Waals surface area contributed by atoms with Crippen LogP contribution in [-0.4, -0.2) is 46.7 Å². The van der Waals surface area contributed by atoms with Crippen LogP contribution < -0.4 is 39.9 Å². The van der Waals surface area contributed by atoms with Crippen LogP contribution in [0.3, 0.4) is 0 Å². The minimum atomic E-state index is -0.137. The Morgan fingerprint density at radius 2 is 2.00 bits per heavy atom. The number of thioether (sulfide) groups is 1. The van der Waals surface area contributed by atoms with Crippen molar-refractivity contribution in [1.82, 2.24) is 9.55 Å². The monoisotopic (exact) mass is 465 g/mol. The second-order valence-electron chi connectivity index (χ2n) is 7.10. The van der Waals surface area contributed by atoms with E-state index in [1.54, 1.807) is 22.8 Å². The summed E-state index contributed by atoms with van der Waals surface area (Å²) in [5, 5.41) is 1.48. The molecule has 4 rings (SSSR count). The summed E-state index contributed by atoms with van der Waals surface area (Å²) in [7, 11) is 1.94. The Labute approximate surface area is 211 Å². The van der Waals surface area contributed by atoms with Gasteiger partial charge in [-0.1, -0.05) is 18.1 Å². The maximum absolute atomic E-state index is 13.1. The molecule has 7 nitrogen and oxygen atoms in total. The van der Waals surface area contributed by atoms with E-state index in [9.17, 15) is 9.59 Å². The molecule has 1 aromatic carbocycles. The van der Waals surface area contributed by atoms with Gasteiger partial charge in [-0.05, 0) is 30.5 Å². The molecule has 1 N–H and O–H groups in total. The number of aromatic nitrogens is 2. The van der Waals surface area contributed by atoms with E-state index in [1.807, 2.05) is 30.6 Å². The van der Waals surface area contributed by atoms with E-state index in [2.05, 4.69) is 4.85 Å². The van der Waals surface area contributed by atoms with Gasteiger partial charge in [0, 0.05) is 31.3 Å². The molecule has 1 aliphatic rings. The number of fused-ring (bicyclic) bond motifs is 2. The first-order valence-corrected chi connectivity index (χ1v) is 10.7. The summed E-state index contributed by atoms with van der Waals surface area (Å²) >= 11 is 7.79. The van der Waals surface area contributed by atoms with Crippen LogP contribution in [-0.2, 0) is 11.3 Å². The van der Waals surface area contributed by atoms with Gasteiger partial charge in [0.05, 0.1) is 20.8 Å². The molecule has 1 fully saturated rings. The molecular formula is C21H19ClN4NaO3S-. The second-order valence-corrected chi connectivity index (χ2v) is 8.32. The second kappa shape index (κ2) is 10.3. The van der Waals surface area contributed by atoms with Crippen LogP contribution >= 0.6 is 23.4 Å². The van der Waals surface area contributed by atoms with Crippen molar-refractivity contribution in [2.45, 2.75) is 36.4 Å². The van der Waals surface area contributed by atoms with Crippen molar-refractivity contribution in [3.05, 3.63) is 50.9 Å². The minimum Gasteiger partial charge on any atom is -0.870 e. The van der Waals surface area contributed by atoms with E-state index in [0.717, 1.165) is 17.7 Å². The fraction of sp³-hybridized carbons (Fsp3) is 0.333. The molecular weight excluding hydrogens is 447 g/mol. The molecule has 10 heteroatoms. The number of anilines is 1. The molecule has 1 aliphatic carbocycles. The summed E-state index contributed by atoms with van der Waals surface area (Å²) in [6.07, 6.45) is 5.43. The van der Waals surface area contributed by atoms with Crippen molar-refractivity contribution in [1.29, 1.82) is 0 Å². The number of hydrogen-bond acceptors (Lipinski definition) is 6. The van der Waals surface area contributed by atoms with Crippen molar-refractivity contribution < 1.29 is 39.8 Å². The number of halogens is 1. The molecule has 3 aromatic rings. The predicted molar refractivity (Wildman–Crippen MR) is 120 cm³/mol. The van der Waals surface area contributed by atoms with E-state index in [1.165, 1.54) is 11.8 Å². The van der Waals surface area contributed by atoms with Crippen LogP contribution in [0.15, 0.2) is 34.0 Å². The molecule has 0 atom stereocenters. The zero-order valence-electron chi connectivity index (χ0n) is 17.4. The third-order valence-corrected chi connectivity index (χ3v) is 6.81. The third-order valence-electron chi connectivity index (χ3n) is 5.57. The van der Waals surface area contributed by atoms with Crippen molar-refractivity contribution in [3.63, 3.8) is 0 Å². The van der Waals surface area contributed by atoms with Crippen molar-refractivity contribution in [2.24, 2.45) is 0 Å². The number of rotatable bonds is 5. The molecule has 0 aliphatic heterocycles. The van der Waals surface area contributed by atoms with Gasteiger partial charge in [0.25, 0.3) is 0 Å². The fourth-order valence-electron chi connectivity index (χ4n) is 3.85. The zero-order chi connectivity index (χ0) is 20.7. The molecule has 0 unspecified atom stereocenters. The summed E-state index contributed by atoms with van der Waals surface area (Å²) in [5.74, 6) is 0.706. The van der Waals surface area contributed by atoms with Gasteiger partial charge in [0.1, 0.15) is 11.5 Å².